The highest BCUT2D eigenvalue weighted by Gasteiger charge is 2.18. The summed E-state index contributed by atoms with van der Waals surface area (Å²) in [5, 5.41) is 11.2. The summed E-state index contributed by atoms with van der Waals surface area (Å²) in [6.45, 7) is 3.34. The summed E-state index contributed by atoms with van der Waals surface area (Å²) in [5.41, 5.74) is 1.01. The largest absolute Gasteiger partial charge is 0.493 e. The third-order valence-corrected chi connectivity index (χ3v) is 2.72. The van der Waals surface area contributed by atoms with E-state index in [9.17, 15) is 9.59 Å². The minimum Gasteiger partial charge on any atom is -0.493 e. The number of hydrogen-bond acceptors (Lipinski definition) is 4. The standard InChI is InChI=1S/C14H19NO5/c1-4-10(14(17)18)15-13(16)8-20-11-6-5-9(2)7-12(11)19-3/h5-7,10H,4,8H2,1-3H3,(H,15,16)(H,17,18)/t10-/m0/s1. The van der Waals surface area contributed by atoms with E-state index >= 15 is 0 Å². The number of carbonyl (C=O) groups is 2. The van der Waals surface area contributed by atoms with Crippen molar-refractivity contribution in [3.63, 3.8) is 0 Å². The van der Waals surface area contributed by atoms with Gasteiger partial charge in [0.15, 0.2) is 18.1 Å². The molecular formula is C14H19NO5. The van der Waals surface area contributed by atoms with Crippen LogP contribution < -0.4 is 14.8 Å². The topological polar surface area (TPSA) is 84.9 Å². The third-order valence-electron chi connectivity index (χ3n) is 2.72. The van der Waals surface area contributed by atoms with Crippen molar-refractivity contribution in [1.29, 1.82) is 0 Å². The van der Waals surface area contributed by atoms with E-state index in [0.717, 1.165) is 5.56 Å². The lowest BCUT2D eigenvalue weighted by atomic mass is 10.2. The van der Waals surface area contributed by atoms with Crippen molar-refractivity contribution in [3.05, 3.63) is 23.8 Å². The molecule has 0 heterocycles. The molecule has 1 aromatic rings. The predicted molar refractivity (Wildman–Crippen MR) is 73.1 cm³/mol. The monoisotopic (exact) mass is 281 g/mol. The van der Waals surface area contributed by atoms with Gasteiger partial charge in [0, 0.05) is 0 Å². The lowest BCUT2D eigenvalue weighted by Gasteiger charge is -2.14. The van der Waals surface area contributed by atoms with Gasteiger partial charge in [-0.2, -0.15) is 0 Å². The van der Waals surface area contributed by atoms with Crippen molar-refractivity contribution in [1.82, 2.24) is 5.32 Å². The Kier molecular flexibility index (Phi) is 5.83. The molecule has 2 N–H and O–H groups in total. The number of methoxy groups -OCH3 is 1. The van der Waals surface area contributed by atoms with Crippen molar-refractivity contribution >= 4 is 11.9 Å². The second-order valence-electron chi connectivity index (χ2n) is 4.31. The van der Waals surface area contributed by atoms with Crippen LogP contribution in [0.4, 0.5) is 0 Å². The van der Waals surface area contributed by atoms with E-state index < -0.39 is 17.9 Å². The Bertz CT molecular complexity index is 486. The summed E-state index contributed by atoms with van der Waals surface area (Å²) in [7, 11) is 1.51. The van der Waals surface area contributed by atoms with Gasteiger partial charge in [0.05, 0.1) is 7.11 Å². The van der Waals surface area contributed by atoms with Crippen molar-refractivity contribution < 1.29 is 24.2 Å². The zero-order valence-electron chi connectivity index (χ0n) is 11.8. The molecule has 110 valence electrons. The first-order valence-electron chi connectivity index (χ1n) is 6.27. The Morgan fingerprint density at radius 2 is 2.05 bits per heavy atom. The second kappa shape index (κ2) is 7.37. The predicted octanol–water partition coefficient (Wildman–Crippen LogP) is 1.36. The molecule has 1 aromatic carbocycles. The second-order valence-corrected chi connectivity index (χ2v) is 4.31. The van der Waals surface area contributed by atoms with E-state index in [2.05, 4.69) is 5.32 Å². The molecule has 1 rings (SSSR count). The van der Waals surface area contributed by atoms with Crippen LogP contribution in [0.5, 0.6) is 11.5 Å². The first-order valence-corrected chi connectivity index (χ1v) is 6.27. The molecule has 0 radical (unpaired) electrons. The number of rotatable bonds is 7. The number of carboxylic acids is 1. The van der Waals surface area contributed by atoms with E-state index in [1.165, 1.54) is 7.11 Å². The van der Waals surface area contributed by atoms with Gasteiger partial charge in [-0.3, -0.25) is 4.79 Å². The average molecular weight is 281 g/mol. The van der Waals surface area contributed by atoms with Crippen molar-refractivity contribution in [2.45, 2.75) is 26.3 Å². The molecular weight excluding hydrogens is 262 g/mol. The highest BCUT2D eigenvalue weighted by atomic mass is 16.5. The first kappa shape index (κ1) is 15.8. The van der Waals surface area contributed by atoms with Gasteiger partial charge in [-0.05, 0) is 31.0 Å². The summed E-state index contributed by atoms with van der Waals surface area (Å²) in [6.07, 6.45) is 0.314. The first-order chi connectivity index (χ1) is 9.47. The van der Waals surface area contributed by atoms with Crippen LogP contribution in [-0.4, -0.2) is 36.7 Å². The molecule has 20 heavy (non-hydrogen) atoms. The lowest BCUT2D eigenvalue weighted by Crippen LogP contribution is -2.42. The molecule has 0 saturated heterocycles. The molecule has 0 bridgehead atoms. The van der Waals surface area contributed by atoms with Crippen molar-refractivity contribution in [3.8, 4) is 11.5 Å². The Morgan fingerprint density at radius 3 is 2.60 bits per heavy atom. The molecule has 0 aromatic heterocycles. The van der Waals surface area contributed by atoms with E-state index in [0.29, 0.717) is 17.9 Å². The molecule has 0 saturated carbocycles. The minimum absolute atomic E-state index is 0.261. The van der Waals surface area contributed by atoms with Crippen molar-refractivity contribution in [2.75, 3.05) is 13.7 Å². The number of aliphatic carboxylic acids is 1. The normalized spacial score (nSPS) is 11.6. The molecule has 0 aliphatic carbocycles. The van der Waals surface area contributed by atoms with E-state index in [4.69, 9.17) is 14.6 Å². The highest BCUT2D eigenvalue weighted by Crippen LogP contribution is 2.27. The maximum atomic E-state index is 11.6. The maximum absolute atomic E-state index is 11.6. The number of hydrogen-bond donors (Lipinski definition) is 2. The number of carboxylic acid groups (broad SMARTS) is 1. The number of amides is 1. The molecule has 6 heteroatoms. The Labute approximate surface area is 117 Å². The summed E-state index contributed by atoms with van der Waals surface area (Å²) in [5.74, 6) is -0.574. The zero-order chi connectivity index (χ0) is 15.1. The number of nitrogens with one attached hydrogen (secondary N) is 1. The number of ether oxygens (including phenoxy) is 2. The lowest BCUT2D eigenvalue weighted by molar-refractivity contribution is -0.142. The Hall–Kier alpha value is -2.24. The van der Waals surface area contributed by atoms with Gasteiger partial charge in [-0.15, -0.1) is 0 Å². The number of benzene rings is 1. The fourth-order valence-corrected chi connectivity index (χ4v) is 1.61. The van der Waals surface area contributed by atoms with E-state index in [-0.39, 0.29) is 6.61 Å². The zero-order valence-corrected chi connectivity index (χ0v) is 11.8. The van der Waals surface area contributed by atoms with Gasteiger partial charge in [0.2, 0.25) is 0 Å². The minimum atomic E-state index is -1.06. The molecule has 0 spiro atoms. The third kappa shape index (κ3) is 4.46. The van der Waals surface area contributed by atoms with Crippen molar-refractivity contribution in [2.24, 2.45) is 0 Å². The summed E-state index contributed by atoms with van der Waals surface area (Å²) in [6, 6.07) is 4.43. The Balaban J connectivity index is 2.59. The quantitative estimate of drug-likeness (QED) is 0.788. The van der Waals surface area contributed by atoms with Crippen LogP contribution in [-0.2, 0) is 9.59 Å². The van der Waals surface area contributed by atoms with Gasteiger partial charge in [-0.25, -0.2) is 4.79 Å². The molecule has 0 aliphatic heterocycles. The smallest absolute Gasteiger partial charge is 0.326 e. The van der Waals surface area contributed by atoms with Crippen LogP contribution in [0.25, 0.3) is 0 Å². The van der Waals surface area contributed by atoms with Crippen LogP contribution in [0.3, 0.4) is 0 Å². The van der Waals surface area contributed by atoms with Gasteiger partial charge in [0.1, 0.15) is 6.04 Å². The maximum Gasteiger partial charge on any atom is 0.326 e. The molecule has 6 nitrogen and oxygen atoms in total. The Morgan fingerprint density at radius 1 is 1.35 bits per heavy atom. The summed E-state index contributed by atoms with van der Waals surface area (Å²) in [4.78, 5) is 22.4. The van der Waals surface area contributed by atoms with Crippen LogP contribution >= 0.6 is 0 Å². The van der Waals surface area contributed by atoms with Gasteiger partial charge < -0.3 is 19.9 Å². The molecule has 0 aliphatic rings. The van der Waals surface area contributed by atoms with Crippen LogP contribution in [0.2, 0.25) is 0 Å². The van der Waals surface area contributed by atoms with Gasteiger partial charge in [0.25, 0.3) is 5.91 Å². The molecule has 1 atom stereocenters. The number of aryl methyl sites for hydroxylation is 1. The van der Waals surface area contributed by atoms with Crippen LogP contribution in [0.15, 0.2) is 18.2 Å². The van der Waals surface area contributed by atoms with Gasteiger partial charge >= 0.3 is 5.97 Å². The van der Waals surface area contributed by atoms with Crippen LogP contribution in [0, 0.1) is 6.92 Å². The average Bonchev–Trinajstić information content (AvgIpc) is 2.42. The van der Waals surface area contributed by atoms with E-state index in [1.54, 1.807) is 19.1 Å². The number of carbonyl (C=O) groups excluding carboxylic acids is 1. The fourth-order valence-electron chi connectivity index (χ4n) is 1.61. The van der Waals surface area contributed by atoms with Gasteiger partial charge in [-0.1, -0.05) is 13.0 Å². The summed E-state index contributed by atoms with van der Waals surface area (Å²) >= 11 is 0. The highest BCUT2D eigenvalue weighted by molar-refractivity contribution is 5.84. The van der Waals surface area contributed by atoms with Crippen LogP contribution in [0.1, 0.15) is 18.9 Å². The summed E-state index contributed by atoms with van der Waals surface area (Å²) < 4.78 is 10.5. The fraction of sp³-hybridized carbons (Fsp3) is 0.429. The SMILES string of the molecule is CC[C@H](NC(=O)COc1ccc(C)cc1OC)C(=O)O. The molecule has 1 amide bonds. The molecule has 0 fully saturated rings. The molecule has 0 unspecified atom stereocenters. The van der Waals surface area contributed by atoms with E-state index in [1.807, 2.05) is 13.0 Å².